The quantitative estimate of drug-likeness (QED) is 0.663. The Morgan fingerprint density at radius 1 is 1.62 bits per heavy atom. The highest BCUT2D eigenvalue weighted by Crippen LogP contribution is 2.23. The summed E-state index contributed by atoms with van der Waals surface area (Å²) in [4.78, 5) is 12.7. The number of nitrogens with one attached hydrogen (secondary N) is 1. The van der Waals surface area contributed by atoms with Crippen molar-refractivity contribution in [3.8, 4) is 0 Å². The lowest BCUT2D eigenvalue weighted by Crippen LogP contribution is -2.41. The van der Waals surface area contributed by atoms with Crippen LogP contribution in [0.15, 0.2) is 18.7 Å². The first kappa shape index (κ1) is 13.5. The Morgan fingerprint density at radius 3 is 2.75 bits per heavy atom. The second-order valence-electron chi connectivity index (χ2n) is 4.54. The zero-order chi connectivity index (χ0) is 12.3. The fourth-order valence-electron chi connectivity index (χ4n) is 1.33. The van der Waals surface area contributed by atoms with Crippen LogP contribution in [-0.2, 0) is 0 Å². The molecule has 88 valence electrons. The van der Waals surface area contributed by atoms with E-state index in [0.717, 1.165) is 10.1 Å². The van der Waals surface area contributed by atoms with E-state index in [-0.39, 0.29) is 5.91 Å². The van der Waals surface area contributed by atoms with E-state index in [9.17, 15) is 4.79 Å². The van der Waals surface area contributed by atoms with Gasteiger partial charge in [0.05, 0.1) is 17.3 Å². The number of hydrogen-bond acceptors (Lipinski definition) is 2. The predicted octanol–water partition coefficient (Wildman–Crippen LogP) is 2.86. The Morgan fingerprint density at radius 2 is 2.25 bits per heavy atom. The molecule has 0 saturated heterocycles. The predicted molar refractivity (Wildman–Crippen MR) is 74.8 cm³/mol. The Kier molecular flexibility index (Phi) is 4.35. The van der Waals surface area contributed by atoms with Crippen molar-refractivity contribution < 1.29 is 4.79 Å². The minimum absolute atomic E-state index is 0.0470. The largest absolute Gasteiger partial charge is 0.348 e. The third-order valence-electron chi connectivity index (χ3n) is 2.12. The van der Waals surface area contributed by atoms with Crippen molar-refractivity contribution in [1.82, 2.24) is 5.32 Å². The van der Waals surface area contributed by atoms with Crippen LogP contribution in [0.4, 0.5) is 0 Å². The first-order chi connectivity index (χ1) is 7.36. The standard InChI is InChI=1S/C11H16ClNOSSi/c1-5-6-13-11(14)10-8(16(2,3)4)7-9(12)15-10/h5,7H,1,6H2,2-4H3,(H,13,14). The molecular weight excluding hydrogens is 258 g/mol. The third-order valence-corrected chi connectivity index (χ3v) is 5.58. The molecule has 0 aliphatic rings. The maximum absolute atomic E-state index is 11.9. The van der Waals surface area contributed by atoms with E-state index >= 15 is 0 Å². The van der Waals surface area contributed by atoms with Crippen LogP contribution < -0.4 is 10.5 Å². The topological polar surface area (TPSA) is 29.1 Å². The summed E-state index contributed by atoms with van der Waals surface area (Å²) >= 11 is 7.34. The lowest BCUT2D eigenvalue weighted by atomic mass is 10.4. The highest BCUT2D eigenvalue weighted by molar-refractivity contribution is 7.20. The minimum atomic E-state index is -1.52. The third kappa shape index (κ3) is 3.20. The molecule has 0 spiro atoms. The smallest absolute Gasteiger partial charge is 0.261 e. The van der Waals surface area contributed by atoms with Gasteiger partial charge < -0.3 is 5.32 Å². The average molecular weight is 274 g/mol. The van der Waals surface area contributed by atoms with E-state index in [1.807, 2.05) is 6.07 Å². The van der Waals surface area contributed by atoms with E-state index < -0.39 is 8.07 Å². The number of rotatable bonds is 4. The highest BCUT2D eigenvalue weighted by atomic mass is 35.5. The van der Waals surface area contributed by atoms with Crippen LogP contribution in [0.2, 0.25) is 24.0 Å². The molecule has 1 aromatic rings. The molecule has 0 aliphatic carbocycles. The molecule has 0 radical (unpaired) electrons. The van der Waals surface area contributed by atoms with Crippen molar-refractivity contribution >= 4 is 42.1 Å². The molecule has 1 heterocycles. The first-order valence-corrected chi connectivity index (χ1v) is 9.74. The van der Waals surface area contributed by atoms with Crippen LogP contribution in [0.1, 0.15) is 9.67 Å². The second-order valence-corrected chi connectivity index (χ2v) is 11.3. The Bertz CT molecular complexity index is 409. The van der Waals surface area contributed by atoms with Gasteiger partial charge in [0.1, 0.15) is 0 Å². The van der Waals surface area contributed by atoms with Gasteiger partial charge in [0.25, 0.3) is 5.91 Å². The number of thiophene rings is 1. The maximum atomic E-state index is 11.9. The van der Waals surface area contributed by atoms with Crippen LogP contribution in [0.3, 0.4) is 0 Å². The van der Waals surface area contributed by atoms with Crippen LogP contribution in [0.25, 0.3) is 0 Å². The number of carbonyl (C=O) groups is 1. The Labute approximate surface area is 106 Å². The normalized spacial score (nSPS) is 11.2. The number of hydrogen-bond donors (Lipinski definition) is 1. The fourth-order valence-corrected chi connectivity index (χ4v) is 5.02. The highest BCUT2D eigenvalue weighted by Gasteiger charge is 2.26. The lowest BCUT2D eigenvalue weighted by molar-refractivity contribution is 0.0963. The molecular formula is C11H16ClNOSSi. The molecule has 5 heteroatoms. The molecule has 16 heavy (non-hydrogen) atoms. The summed E-state index contributed by atoms with van der Waals surface area (Å²) in [7, 11) is -1.52. The van der Waals surface area contributed by atoms with Gasteiger partial charge in [-0.25, -0.2) is 0 Å². The molecule has 0 saturated carbocycles. The van der Waals surface area contributed by atoms with Gasteiger partial charge in [0, 0.05) is 6.54 Å². The summed E-state index contributed by atoms with van der Waals surface area (Å²) in [6.07, 6.45) is 1.67. The molecule has 0 fully saturated rings. The summed E-state index contributed by atoms with van der Waals surface area (Å²) in [5.74, 6) is -0.0470. The molecule has 0 aromatic carbocycles. The molecule has 0 unspecified atom stereocenters. The monoisotopic (exact) mass is 273 g/mol. The van der Waals surface area contributed by atoms with Crippen LogP contribution in [0.5, 0.6) is 0 Å². The number of amides is 1. The second kappa shape index (κ2) is 5.16. The van der Waals surface area contributed by atoms with E-state index in [0.29, 0.717) is 10.9 Å². The SMILES string of the molecule is C=CCNC(=O)c1sc(Cl)cc1[Si](C)(C)C. The molecule has 1 N–H and O–H groups in total. The van der Waals surface area contributed by atoms with Crippen LogP contribution >= 0.6 is 22.9 Å². The summed E-state index contributed by atoms with van der Waals surface area (Å²) in [6, 6.07) is 1.93. The van der Waals surface area contributed by atoms with Gasteiger partial charge in [-0.15, -0.1) is 17.9 Å². The summed E-state index contributed by atoms with van der Waals surface area (Å²) < 4.78 is 0.682. The fraction of sp³-hybridized carbons (Fsp3) is 0.364. The molecule has 2 nitrogen and oxygen atoms in total. The van der Waals surface area contributed by atoms with Crippen molar-refractivity contribution in [2.24, 2.45) is 0 Å². The van der Waals surface area contributed by atoms with Gasteiger partial charge in [-0.3, -0.25) is 4.79 Å². The van der Waals surface area contributed by atoms with Crippen LogP contribution in [-0.4, -0.2) is 20.5 Å². The van der Waals surface area contributed by atoms with Crippen molar-refractivity contribution in [3.05, 3.63) is 27.9 Å². The number of halogens is 1. The molecule has 0 atom stereocenters. The van der Waals surface area contributed by atoms with Gasteiger partial charge in [-0.2, -0.15) is 0 Å². The molecule has 1 rings (SSSR count). The first-order valence-electron chi connectivity index (χ1n) is 5.05. The minimum Gasteiger partial charge on any atom is -0.348 e. The Balaban J connectivity index is 3.03. The Hall–Kier alpha value is -0.583. The van der Waals surface area contributed by atoms with Gasteiger partial charge in [-0.05, 0) is 11.3 Å². The molecule has 0 aliphatic heterocycles. The van der Waals surface area contributed by atoms with E-state index in [1.54, 1.807) is 6.08 Å². The maximum Gasteiger partial charge on any atom is 0.261 e. The van der Waals surface area contributed by atoms with E-state index in [4.69, 9.17) is 11.6 Å². The van der Waals surface area contributed by atoms with Gasteiger partial charge in [-0.1, -0.05) is 37.3 Å². The molecule has 1 amide bonds. The average Bonchev–Trinajstić information content (AvgIpc) is 2.56. The molecule has 0 bridgehead atoms. The summed E-state index contributed by atoms with van der Waals surface area (Å²) in [6.45, 7) is 10.7. The summed E-state index contributed by atoms with van der Waals surface area (Å²) in [5.41, 5.74) is 0. The van der Waals surface area contributed by atoms with Crippen molar-refractivity contribution in [2.75, 3.05) is 6.54 Å². The van der Waals surface area contributed by atoms with Crippen molar-refractivity contribution in [3.63, 3.8) is 0 Å². The lowest BCUT2D eigenvalue weighted by Gasteiger charge is -2.16. The van der Waals surface area contributed by atoms with E-state index in [2.05, 4.69) is 31.5 Å². The summed E-state index contributed by atoms with van der Waals surface area (Å²) in [5, 5.41) is 3.92. The number of carbonyl (C=O) groups excluding carboxylic acids is 1. The van der Waals surface area contributed by atoms with E-state index in [1.165, 1.54) is 11.3 Å². The van der Waals surface area contributed by atoms with Crippen molar-refractivity contribution in [2.45, 2.75) is 19.6 Å². The zero-order valence-electron chi connectivity index (χ0n) is 9.76. The molecule has 1 aromatic heterocycles. The van der Waals surface area contributed by atoms with Crippen LogP contribution in [0, 0.1) is 0 Å². The zero-order valence-corrected chi connectivity index (χ0v) is 12.3. The van der Waals surface area contributed by atoms with Gasteiger partial charge in [0.15, 0.2) is 0 Å². The van der Waals surface area contributed by atoms with Gasteiger partial charge >= 0.3 is 0 Å². The van der Waals surface area contributed by atoms with Crippen molar-refractivity contribution in [1.29, 1.82) is 0 Å². The van der Waals surface area contributed by atoms with Gasteiger partial charge in [0.2, 0.25) is 0 Å².